The maximum absolute atomic E-state index is 12.3. The molecule has 0 radical (unpaired) electrons. The second-order valence-corrected chi connectivity index (χ2v) is 6.08. The molecule has 0 N–H and O–H groups in total. The minimum atomic E-state index is -0.545. The summed E-state index contributed by atoms with van der Waals surface area (Å²) in [5.74, 6) is -1.02. The molecule has 1 aliphatic rings. The first-order valence-corrected chi connectivity index (χ1v) is 8.04. The predicted molar refractivity (Wildman–Crippen MR) is 88.7 cm³/mol. The number of pyridine rings is 1. The normalized spacial score (nSPS) is 13.2. The summed E-state index contributed by atoms with van der Waals surface area (Å²) in [6.45, 7) is 1.83. The lowest BCUT2D eigenvalue weighted by molar-refractivity contribution is -0.134. The Kier molecular flexibility index (Phi) is 4.44. The number of amides is 2. The number of esters is 1. The van der Waals surface area contributed by atoms with Crippen LogP contribution in [0.3, 0.4) is 0 Å². The smallest absolute Gasteiger partial charge is 0.313 e. The summed E-state index contributed by atoms with van der Waals surface area (Å²) in [6.07, 6.45) is 1.47. The van der Waals surface area contributed by atoms with Crippen LogP contribution in [0.2, 0.25) is 0 Å². The van der Waals surface area contributed by atoms with Gasteiger partial charge in [0.1, 0.15) is 4.60 Å². The van der Waals surface area contributed by atoms with Crippen LogP contribution >= 0.6 is 15.9 Å². The molecule has 3 rings (SSSR count). The molecule has 2 heterocycles. The van der Waals surface area contributed by atoms with Crippen molar-refractivity contribution in [3.8, 4) is 5.75 Å². The lowest BCUT2D eigenvalue weighted by atomic mass is 10.1. The van der Waals surface area contributed by atoms with E-state index in [2.05, 4.69) is 20.9 Å². The molecule has 2 aromatic rings. The predicted octanol–water partition coefficient (Wildman–Crippen LogP) is 2.74. The first-order valence-electron chi connectivity index (χ1n) is 7.25. The number of rotatable bonds is 4. The summed E-state index contributed by atoms with van der Waals surface area (Å²) in [5.41, 5.74) is 1.65. The van der Waals surface area contributed by atoms with Crippen molar-refractivity contribution in [1.82, 2.24) is 9.88 Å². The van der Waals surface area contributed by atoms with E-state index in [0.29, 0.717) is 21.5 Å². The first-order chi connectivity index (χ1) is 11.5. The van der Waals surface area contributed by atoms with Gasteiger partial charge in [-0.2, -0.15) is 0 Å². The maximum Gasteiger partial charge on any atom is 0.313 e. The number of imide groups is 1. The lowest BCUT2D eigenvalue weighted by Gasteiger charge is -2.13. The van der Waals surface area contributed by atoms with E-state index in [0.717, 1.165) is 10.5 Å². The molecule has 1 aromatic heterocycles. The number of benzene rings is 1. The highest BCUT2D eigenvalue weighted by Gasteiger charge is 2.35. The van der Waals surface area contributed by atoms with Gasteiger partial charge in [-0.25, -0.2) is 4.98 Å². The van der Waals surface area contributed by atoms with E-state index < -0.39 is 5.97 Å². The van der Waals surface area contributed by atoms with Crippen LogP contribution in [0.1, 0.15) is 32.7 Å². The number of aromatic nitrogens is 1. The van der Waals surface area contributed by atoms with Crippen molar-refractivity contribution in [1.29, 1.82) is 0 Å². The number of hydrogen-bond acceptors (Lipinski definition) is 5. The highest BCUT2D eigenvalue weighted by Crippen LogP contribution is 2.25. The highest BCUT2D eigenvalue weighted by atomic mass is 79.9. The zero-order valence-electron chi connectivity index (χ0n) is 12.8. The third-order valence-electron chi connectivity index (χ3n) is 3.61. The van der Waals surface area contributed by atoms with E-state index in [9.17, 15) is 14.4 Å². The van der Waals surface area contributed by atoms with E-state index >= 15 is 0 Å². The number of ether oxygens (including phenoxy) is 1. The molecule has 0 spiro atoms. The summed E-state index contributed by atoms with van der Waals surface area (Å²) in [5, 5.41) is 0. The third kappa shape index (κ3) is 3.07. The molecule has 0 saturated carbocycles. The number of hydrogen-bond donors (Lipinski definition) is 0. The molecule has 0 saturated heterocycles. The highest BCUT2D eigenvalue weighted by molar-refractivity contribution is 9.10. The number of nitrogens with zero attached hydrogens (tertiary/aromatic N) is 2. The van der Waals surface area contributed by atoms with Gasteiger partial charge in [0.15, 0.2) is 5.75 Å². The SMILES string of the molecule is Cc1ccc2c(c1)C(=O)N(CCC(=O)Oc1cccnc1Br)C2=O. The van der Waals surface area contributed by atoms with E-state index in [1.165, 1.54) is 0 Å². The molecule has 24 heavy (non-hydrogen) atoms. The van der Waals surface area contributed by atoms with Gasteiger partial charge in [-0.05, 0) is 47.1 Å². The van der Waals surface area contributed by atoms with Crippen LogP contribution in [-0.4, -0.2) is 34.2 Å². The van der Waals surface area contributed by atoms with Gasteiger partial charge in [0, 0.05) is 12.7 Å². The van der Waals surface area contributed by atoms with E-state index in [-0.39, 0.29) is 24.8 Å². The summed E-state index contributed by atoms with van der Waals surface area (Å²) >= 11 is 3.18. The molecule has 0 unspecified atom stereocenters. The summed E-state index contributed by atoms with van der Waals surface area (Å²) in [4.78, 5) is 41.6. The fourth-order valence-corrected chi connectivity index (χ4v) is 2.76. The van der Waals surface area contributed by atoms with Gasteiger partial charge in [-0.3, -0.25) is 19.3 Å². The van der Waals surface area contributed by atoms with E-state index in [1.54, 1.807) is 36.5 Å². The van der Waals surface area contributed by atoms with Crippen LogP contribution in [0.5, 0.6) is 5.75 Å². The zero-order valence-corrected chi connectivity index (χ0v) is 14.4. The van der Waals surface area contributed by atoms with Gasteiger partial charge < -0.3 is 4.74 Å². The average molecular weight is 389 g/mol. The van der Waals surface area contributed by atoms with Crippen LogP contribution < -0.4 is 4.74 Å². The topological polar surface area (TPSA) is 76.6 Å². The van der Waals surface area contributed by atoms with Crippen molar-refractivity contribution < 1.29 is 19.1 Å². The Bertz CT molecular complexity index is 850. The van der Waals surface area contributed by atoms with Gasteiger partial charge in [0.25, 0.3) is 11.8 Å². The zero-order chi connectivity index (χ0) is 17.3. The maximum atomic E-state index is 12.3. The Morgan fingerprint density at radius 2 is 1.96 bits per heavy atom. The lowest BCUT2D eigenvalue weighted by Crippen LogP contribution is -2.32. The monoisotopic (exact) mass is 388 g/mol. The second-order valence-electron chi connectivity index (χ2n) is 5.33. The molecular formula is C17H13BrN2O4. The van der Waals surface area contributed by atoms with E-state index in [4.69, 9.17) is 4.74 Å². The minimum absolute atomic E-state index is 0.0257. The first kappa shape index (κ1) is 16.3. The van der Waals surface area contributed by atoms with Crippen LogP contribution in [0.15, 0.2) is 41.1 Å². The van der Waals surface area contributed by atoms with Gasteiger partial charge >= 0.3 is 5.97 Å². The number of carbonyl (C=O) groups excluding carboxylic acids is 3. The number of fused-ring (bicyclic) bond motifs is 1. The van der Waals surface area contributed by atoms with Crippen molar-refractivity contribution in [2.75, 3.05) is 6.54 Å². The summed E-state index contributed by atoms with van der Waals surface area (Å²) in [6, 6.07) is 8.33. The standard InChI is InChI=1S/C17H13BrN2O4/c1-10-4-5-11-12(9-10)17(23)20(16(11)22)8-6-14(21)24-13-3-2-7-19-15(13)18/h2-5,7,9H,6,8H2,1H3. The van der Waals surface area contributed by atoms with Crippen molar-refractivity contribution in [3.05, 3.63) is 57.8 Å². The minimum Gasteiger partial charge on any atom is -0.424 e. The molecule has 0 atom stereocenters. The average Bonchev–Trinajstić information content (AvgIpc) is 2.78. The van der Waals surface area contributed by atoms with Crippen LogP contribution in [-0.2, 0) is 4.79 Å². The molecule has 0 bridgehead atoms. The number of carbonyl (C=O) groups is 3. The molecule has 0 fully saturated rings. The molecule has 6 nitrogen and oxygen atoms in total. The van der Waals surface area contributed by atoms with Crippen molar-refractivity contribution >= 4 is 33.7 Å². The molecule has 2 amide bonds. The second kappa shape index (κ2) is 6.52. The molecule has 1 aliphatic heterocycles. The van der Waals surface area contributed by atoms with E-state index in [1.807, 2.05) is 6.92 Å². The van der Waals surface area contributed by atoms with Gasteiger partial charge in [0.05, 0.1) is 17.5 Å². The largest absolute Gasteiger partial charge is 0.424 e. The Labute approximate surface area is 146 Å². The molecule has 0 aliphatic carbocycles. The molecular weight excluding hydrogens is 376 g/mol. The Balaban J connectivity index is 1.65. The van der Waals surface area contributed by atoms with Gasteiger partial charge in [-0.15, -0.1) is 0 Å². The summed E-state index contributed by atoms with van der Waals surface area (Å²) < 4.78 is 5.59. The third-order valence-corrected chi connectivity index (χ3v) is 4.21. The molecule has 7 heteroatoms. The number of halogens is 1. The van der Waals surface area contributed by atoms with Crippen LogP contribution in [0.25, 0.3) is 0 Å². The Hall–Kier alpha value is -2.54. The van der Waals surface area contributed by atoms with Crippen LogP contribution in [0.4, 0.5) is 0 Å². The molecule has 1 aromatic carbocycles. The number of aryl methyl sites for hydroxylation is 1. The fraction of sp³-hybridized carbons (Fsp3) is 0.176. The van der Waals surface area contributed by atoms with Crippen molar-refractivity contribution in [2.24, 2.45) is 0 Å². The van der Waals surface area contributed by atoms with Crippen LogP contribution in [0, 0.1) is 6.92 Å². The molecule has 122 valence electrons. The van der Waals surface area contributed by atoms with Gasteiger partial charge in [-0.1, -0.05) is 11.6 Å². The Morgan fingerprint density at radius 1 is 1.21 bits per heavy atom. The van der Waals surface area contributed by atoms with Crippen molar-refractivity contribution in [2.45, 2.75) is 13.3 Å². The fourth-order valence-electron chi connectivity index (χ4n) is 2.43. The Morgan fingerprint density at radius 3 is 2.71 bits per heavy atom. The summed E-state index contributed by atoms with van der Waals surface area (Å²) in [7, 11) is 0. The van der Waals surface area contributed by atoms with Gasteiger partial charge in [0.2, 0.25) is 0 Å². The van der Waals surface area contributed by atoms with Crippen molar-refractivity contribution in [3.63, 3.8) is 0 Å². The quantitative estimate of drug-likeness (QED) is 0.457.